The number of hydrogen-bond donors (Lipinski definition) is 1. The molecule has 1 saturated heterocycles. The number of nitrogens with zero attached hydrogens (tertiary/aromatic N) is 6. The van der Waals surface area contributed by atoms with E-state index in [4.69, 9.17) is 5.26 Å². The quantitative estimate of drug-likeness (QED) is 0.218. The second-order valence-corrected chi connectivity index (χ2v) is 7.53. The molecule has 0 amide bonds. The molecule has 1 aliphatic heterocycles. The van der Waals surface area contributed by atoms with Gasteiger partial charge in [-0.1, -0.05) is 0 Å². The number of benzene rings is 1. The highest BCUT2D eigenvalue weighted by Gasteiger charge is 2.23. The number of hydrogen-bond acceptors (Lipinski definition) is 6. The van der Waals surface area contributed by atoms with Crippen LogP contribution < -0.4 is 10.2 Å². The van der Waals surface area contributed by atoms with Crippen LogP contribution in [-0.2, 0) is 0 Å². The summed E-state index contributed by atoms with van der Waals surface area (Å²) in [5.41, 5.74) is 1.26. The van der Waals surface area contributed by atoms with Crippen LogP contribution in [0.4, 0.5) is 14.6 Å². The van der Waals surface area contributed by atoms with E-state index in [1.807, 2.05) is 36.4 Å². The summed E-state index contributed by atoms with van der Waals surface area (Å²) in [7, 11) is 0. The Morgan fingerprint density at radius 3 is 2.71 bits per heavy atom. The smallest absolute Gasteiger partial charge is 0.182 e. The van der Waals surface area contributed by atoms with Crippen molar-refractivity contribution in [2.24, 2.45) is 4.99 Å². The molecule has 1 unspecified atom stereocenters. The molecule has 0 radical (unpaired) electrons. The lowest BCUT2D eigenvalue weighted by Gasteiger charge is -2.16. The second kappa shape index (κ2) is 10.7. The number of imidazole rings is 1. The van der Waals surface area contributed by atoms with Crippen LogP contribution in [0.3, 0.4) is 0 Å². The molecule has 3 heterocycles. The van der Waals surface area contributed by atoms with Gasteiger partial charge < -0.3 is 4.90 Å². The molecule has 4 rings (SSSR count). The lowest BCUT2D eigenvalue weighted by atomic mass is 10.3. The van der Waals surface area contributed by atoms with Crippen molar-refractivity contribution in [3.8, 4) is 6.19 Å². The number of halogens is 2. The van der Waals surface area contributed by atoms with Crippen LogP contribution in [0.1, 0.15) is 19.0 Å². The number of aromatic nitrogens is 3. The van der Waals surface area contributed by atoms with E-state index in [-0.39, 0.29) is 5.82 Å². The Kier molecular flexibility index (Phi) is 7.78. The van der Waals surface area contributed by atoms with Crippen LogP contribution in [-0.4, -0.2) is 52.5 Å². The predicted octanol–water partition coefficient (Wildman–Crippen LogP) is 3.66. The fourth-order valence-electron chi connectivity index (χ4n) is 3.09. The van der Waals surface area contributed by atoms with E-state index in [9.17, 15) is 8.78 Å². The molecular formula is C21H23F2N7S. The van der Waals surface area contributed by atoms with E-state index in [1.165, 1.54) is 12.1 Å². The van der Waals surface area contributed by atoms with E-state index < -0.39 is 6.17 Å². The first-order chi connectivity index (χ1) is 15.0. The third-order valence-electron chi connectivity index (χ3n) is 4.59. The van der Waals surface area contributed by atoms with Crippen molar-refractivity contribution in [2.45, 2.75) is 24.4 Å². The fourth-order valence-corrected chi connectivity index (χ4v) is 3.49. The minimum absolute atomic E-state index is 0.173. The molecule has 162 valence electrons. The first-order valence-corrected chi connectivity index (χ1v) is 11.0. The number of amidine groups is 1. The van der Waals surface area contributed by atoms with E-state index in [0.717, 1.165) is 4.90 Å². The molecule has 1 atom stereocenters. The SMILES string of the molecule is CCN=C(NC#N)c1cnc2ccc(N3CCC(F)C3)nn12.CSc1ccc(F)cc1. The summed E-state index contributed by atoms with van der Waals surface area (Å²) in [5.74, 6) is 0.944. The number of nitrogens with one attached hydrogen (secondary N) is 1. The van der Waals surface area contributed by atoms with Gasteiger partial charge in [-0.15, -0.1) is 16.9 Å². The van der Waals surface area contributed by atoms with Crippen molar-refractivity contribution >= 4 is 29.1 Å². The molecule has 0 saturated carbocycles. The zero-order valence-electron chi connectivity index (χ0n) is 17.3. The van der Waals surface area contributed by atoms with Crippen molar-refractivity contribution in [3.63, 3.8) is 0 Å². The second-order valence-electron chi connectivity index (χ2n) is 6.65. The lowest BCUT2D eigenvalue weighted by molar-refractivity contribution is 0.364. The van der Waals surface area contributed by atoms with Crippen molar-refractivity contribution < 1.29 is 8.78 Å². The fraction of sp³-hybridized carbons (Fsp3) is 0.333. The largest absolute Gasteiger partial charge is 0.352 e. The third kappa shape index (κ3) is 5.70. The standard InChI is InChI=1S/C14H16FN7.C7H7FS/c1-2-17-14(19-9-16)11-7-18-12-3-4-13(20-22(11)12)21-6-5-10(15)8-21;1-9-7-4-2-6(8)3-5-7/h3-4,7,10H,2,5-6,8H2,1H3,(H,17,19);2-5H,1H3. The van der Waals surface area contributed by atoms with Crippen molar-refractivity contribution in [1.29, 1.82) is 5.26 Å². The number of thioether (sulfide) groups is 1. The molecule has 1 fully saturated rings. The Balaban J connectivity index is 0.000000254. The number of rotatable bonds is 4. The molecule has 0 bridgehead atoms. The van der Waals surface area contributed by atoms with E-state index in [1.54, 1.807) is 34.6 Å². The summed E-state index contributed by atoms with van der Waals surface area (Å²) in [5, 5.41) is 15.9. The molecular weight excluding hydrogens is 420 g/mol. The van der Waals surface area contributed by atoms with Crippen LogP contribution in [0, 0.1) is 17.3 Å². The highest BCUT2D eigenvalue weighted by molar-refractivity contribution is 7.98. The molecule has 1 N–H and O–H groups in total. The monoisotopic (exact) mass is 443 g/mol. The number of nitriles is 1. The van der Waals surface area contributed by atoms with Crippen LogP contribution in [0.5, 0.6) is 0 Å². The Labute approximate surface area is 183 Å². The van der Waals surface area contributed by atoms with Crippen molar-refractivity contribution in [3.05, 3.63) is 54.1 Å². The molecule has 7 nitrogen and oxygen atoms in total. The van der Waals surface area contributed by atoms with Gasteiger partial charge in [-0.05, 0) is 56.0 Å². The Morgan fingerprint density at radius 2 is 2.10 bits per heavy atom. The Hall–Kier alpha value is -3.19. The minimum atomic E-state index is -0.808. The van der Waals surface area contributed by atoms with Gasteiger partial charge in [0.15, 0.2) is 17.7 Å². The lowest BCUT2D eigenvalue weighted by Crippen LogP contribution is -2.24. The maximum Gasteiger partial charge on any atom is 0.182 e. The maximum absolute atomic E-state index is 13.4. The van der Waals surface area contributed by atoms with Gasteiger partial charge >= 0.3 is 0 Å². The zero-order chi connectivity index (χ0) is 22.2. The van der Waals surface area contributed by atoms with Gasteiger partial charge in [0.05, 0.1) is 12.7 Å². The van der Waals surface area contributed by atoms with Crippen molar-refractivity contribution in [2.75, 3.05) is 30.8 Å². The molecule has 0 aliphatic carbocycles. The average Bonchev–Trinajstić information content (AvgIpc) is 3.40. The summed E-state index contributed by atoms with van der Waals surface area (Å²) < 4.78 is 27.2. The molecule has 31 heavy (non-hydrogen) atoms. The summed E-state index contributed by atoms with van der Waals surface area (Å²) >= 11 is 1.61. The normalized spacial score (nSPS) is 16.0. The number of fused-ring (bicyclic) bond motifs is 1. The molecule has 1 aliphatic rings. The minimum Gasteiger partial charge on any atom is -0.352 e. The molecule has 2 aromatic heterocycles. The first kappa shape index (κ1) is 22.5. The van der Waals surface area contributed by atoms with Crippen molar-refractivity contribution in [1.82, 2.24) is 19.9 Å². The van der Waals surface area contributed by atoms with Gasteiger partial charge in [0.25, 0.3) is 0 Å². The zero-order valence-corrected chi connectivity index (χ0v) is 18.1. The van der Waals surface area contributed by atoms with Gasteiger partial charge in [-0.2, -0.15) is 5.26 Å². The Morgan fingerprint density at radius 1 is 1.32 bits per heavy atom. The highest BCUT2D eigenvalue weighted by Crippen LogP contribution is 2.20. The van der Waals surface area contributed by atoms with Gasteiger partial charge in [-0.25, -0.2) is 18.3 Å². The summed E-state index contributed by atoms with van der Waals surface area (Å²) in [6.45, 7) is 3.42. The summed E-state index contributed by atoms with van der Waals surface area (Å²) in [6.07, 6.45) is 5.17. The number of aliphatic imine (C=N–C) groups is 1. The predicted molar refractivity (Wildman–Crippen MR) is 119 cm³/mol. The van der Waals surface area contributed by atoms with Crippen LogP contribution >= 0.6 is 11.8 Å². The number of alkyl halides is 1. The van der Waals surface area contributed by atoms with Gasteiger partial charge in [0.1, 0.15) is 23.5 Å². The van der Waals surface area contributed by atoms with Gasteiger partial charge in [0, 0.05) is 18.0 Å². The topological polar surface area (TPSA) is 81.6 Å². The third-order valence-corrected chi connectivity index (χ3v) is 5.33. The highest BCUT2D eigenvalue weighted by atomic mass is 32.2. The summed E-state index contributed by atoms with van der Waals surface area (Å²) in [6, 6.07) is 10.1. The van der Waals surface area contributed by atoms with Gasteiger partial charge in [-0.3, -0.25) is 10.3 Å². The maximum atomic E-state index is 13.4. The number of anilines is 1. The first-order valence-electron chi connectivity index (χ1n) is 9.79. The van der Waals surface area contributed by atoms with Crippen LogP contribution in [0.15, 0.2) is 52.5 Å². The van der Waals surface area contributed by atoms with E-state index in [0.29, 0.717) is 49.0 Å². The van der Waals surface area contributed by atoms with E-state index in [2.05, 4.69) is 20.4 Å². The molecule has 10 heteroatoms. The van der Waals surface area contributed by atoms with Gasteiger partial charge in [0.2, 0.25) is 0 Å². The Bertz CT molecular complexity index is 1080. The molecule has 1 aromatic carbocycles. The average molecular weight is 444 g/mol. The summed E-state index contributed by atoms with van der Waals surface area (Å²) in [4.78, 5) is 11.5. The molecule has 3 aromatic rings. The van der Waals surface area contributed by atoms with Crippen LogP contribution in [0.2, 0.25) is 0 Å². The van der Waals surface area contributed by atoms with Crippen LogP contribution in [0.25, 0.3) is 5.65 Å². The van der Waals surface area contributed by atoms with E-state index >= 15 is 0 Å². The molecule has 0 spiro atoms.